The van der Waals surface area contributed by atoms with Gasteiger partial charge in [0.15, 0.2) is 0 Å². The number of carboxylic acids is 1. The van der Waals surface area contributed by atoms with Crippen molar-refractivity contribution in [1.82, 2.24) is 5.32 Å². The number of aliphatic carboxylic acids is 1. The van der Waals surface area contributed by atoms with Crippen molar-refractivity contribution in [1.29, 1.82) is 0 Å². The molecule has 0 saturated heterocycles. The van der Waals surface area contributed by atoms with E-state index in [-0.39, 0.29) is 5.91 Å². The highest BCUT2D eigenvalue weighted by Crippen LogP contribution is 2.41. The Morgan fingerprint density at radius 3 is 2.67 bits per heavy atom. The number of hydrogen-bond acceptors (Lipinski definition) is 3. The first kappa shape index (κ1) is 13.5. The number of amides is 1. The van der Waals surface area contributed by atoms with Gasteiger partial charge in [0.05, 0.1) is 0 Å². The Kier molecular flexibility index (Phi) is 4.07. The van der Waals surface area contributed by atoms with Gasteiger partial charge in [0, 0.05) is 21.3 Å². The molecule has 1 fully saturated rings. The monoisotopic (exact) mass is 331 g/mol. The van der Waals surface area contributed by atoms with E-state index in [4.69, 9.17) is 5.11 Å². The SMILES string of the molecule is O=C(O)C1(C(=O)NCCc2cc(Br)cs2)CCC1. The topological polar surface area (TPSA) is 66.4 Å². The van der Waals surface area contributed by atoms with E-state index in [1.54, 1.807) is 11.3 Å². The zero-order chi connectivity index (χ0) is 13.2. The Hall–Kier alpha value is -0.880. The standard InChI is InChI=1S/C12H14BrNO3S/c13-8-6-9(18-7-8)2-5-14-10(15)12(11(16)17)3-1-4-12/h6-7H,1-5H2,(H,14,15)(H,16,17). The number of halogens is 1. The van der Waals surface area contributed by atoms with E-state index in [9.17, 15) is 9.59 Å². The van der Waals surface area contributed by atoms with Gasteiger partial charge < -0.3 is 10.4 Å². The molecule has 2 N–H and O–H groups in total. The molecule has 1 heterocycles. The van der Waals surface area contributed by atoms with Crippen molar-refractivity contribution in [2.45, 2.75) is 25.7 Å². The van der Waals surface area contributed by atoms with Crippen LogP contribution in [0.2, 0.25) is 0 Å². The Balaban J connectivity index is 1.83. The van der Waals surface area contributed by atoms with Gasteiger partial charge in [0.25, 0.3) is 0 Å². The average molecular weight is 332 g/mol. The minimum absolute atomic E-state index is 0.336. The van der Waals surface area contributed by atoms with Crippen LogP contribution in [0, 0.1) is 5.41 Å². The molecule has 6 heteroatoms. The van der Waals surface area contributed by atoms with Crippen LogP contribution in [0.3, 0.4) is 0 Å². The molecule has 0 radical (unpaired) electrons. The second kappa shape index (κ2) is 5.40. The van der Waals surface area contributed by atoms with Crippen LogP contribution in [0.25, 0.3) is 0 Å². The molecule has 0 aliphatic heterocycles. The molecule has 0 atom stereocenters. The van der Waals surface area contributed by atoms with Crippen molar-refractivity contribution < 1.29 is 14.7 Å². The summed E-state index contributed by atoms with van der Waals surface area (Å²) in [6.07, 6.45) is 2.47. The van der Waals surface area contributed by atoms with Gasteiger partial charge in [-0.15, -0.1) is 11.3 Å². The molecule has 1 amide bonds. The van der Waals surface area contributed by atoms with E-state index in [1.165, 1.54) is 4.88 Å². The molecule has 4 nitrogen and oxygen atoms in total. The highest BCUT2D eigenvalue weighted by molar-refractivity contribution is 9.10. The highest BCUT2D eigenvalue weighted by atomic mass is 79.9. The third kappa shape index (κ3) is 2.59. The summed E-state index contributed by atoms with van der Waals surface area (Å²) in [5.74, 6) is -1.33. The molecule has 0 spiro atoms. The molecule has 1 aliphatic carbocycles. The fourth-order valence-electron chi connectivity index (χ4n) is 2.02. The number of hydrogen-bond donors (Lipinski definition) is 2. The summed E-state index contributed by atoms with van der Waals surface area (Å²) in [4.78, 5) is 24.2. The number of carbonyl (C=O) groups excluding carboxylic acids is 1. The van der Waals surface area contributed by atoms with Gasteiger partial charge in [-0.3, -0.25) is 9.59 Å². The van der Waals surface area contributed by atoms with Gasteiger partial charge in [-0.2, -0.15) is 0 Å². The second-order valence-corrected chi connectivity index (χ2v) is 6.39. The molecule has 98 valence electrons. The highest BCUT2D eigenvalue weighted by Gasteiger charge is 2.50. The molecule has 0 unspecified atom stereocenters. The first-order chi connectivity index (χ1) is 8.54. The average Bonchev–Trinajstić information content (AvgIpc) is 2.61. The van der Waals surface area contributed by atoms with Crippen molar-refractivity contribution in [2.24, 2.45) is 5.41 Å². The zero-order valence-corrected chi connectivity index (χ0v) is 12.1. The Labute approximate surface area is 118 Å². The normalized spacial score (nSPS) is 16.9. The maximum Gasteiger partial charge on any atom is 0.319 e. The maximum absolute atomic E-state index is 11.9. The first-order valence-electron chi connectivity index (χ1n) is 5.79. The van der Waals surface area contributed by atoms with E-state index < -0.39 is 11.4 Å². The summed E-state index contributed by atoms with van der Waals surface area (Å²) in [6.45, 7) is 0.487. The molecular weight excluding hydrogens is 318 g/mol. The van der Waals surface area contributed by atoms with Crippen molar-refractivity contribution in [3.8, 4) is 0 Å². The predicted molar refractivity (Wildman–Crippen MR) is 72.7 cm³/mol. The van der Waals surface area contributed by atoms with Gasteiger partial charge in [-0.25, -0.2) is 0 Å². The second-order valence-electron chi connectivity index (χ2n) is 4.48. The third-order valence-electron chi connectivity index (χ3n) is 3.33. The molecule has 0 aromatic carbocycles. The van der Waals surface area contributed by atoms with Gasteiger partial charge in [0.1, 0.15) is 5.41 Å². The lowest BCUT2D eigenvalue weighted by Crippen LogP contribution is -2.51. The fourth-order valence-corrected chi connectivity index (χ4v) is 3.48. The van der Waals surface area contributed by atoms with Crippen molar-refractivity contribution in [2.75, 3.05) is 6.54 Å². The van der Waals surface area contributed by atoms with Gasteiger partial charge in [0.2, 0.25) is 5.91 Å². The fraction of sp³-hybridized carbons (Fsp3) is 0.500. The molecule has 1 aliphatic rings. The predicted octanol–water partition coefficient (Wildman–Crippen LogP) is 2.42. The van der Waals surface area contributed by atoms with Gasteiger partial charge in [-0.1, -0.05) is 6.42 Å². The van der Waals surface area contributed by atoms with E-state index in [0.717, 1.165) is 17.3 Å². The molecule has 1 aromatic heterocycles. The van der Waals surface area contributed by atoms with Crippen molar-refractivity contribution in [3.05, 3.63) is 20.8 Å². The quantitative estimate of drug-likeness (QED) is 0.814. The number of carbonyl (C=O) groups is 2. The smallest absolute Gasteiger partial charge is 0.319 e. The zero-order valence-electron chi connectivity index (χ0n) is 9.74. The van der Waals surface area contributed by atoms with Gasteiger partial charge in [-0.05, 0) is 41.3 Å². The van der Waals surface area contributed by atoms with Crippen LogP contribution in [0.5, 0.6) is 0 Å². The summed E-state index contributed by atoms with van der Waals surface area (Å²) in [7, 11) is 0. The lowest BCUT2D eigenvalue weighted by atomic mass is 9.68. The summed E-state index contributed by atoms with van der Waals surface area (Å²) in [5, 5.41) is 13.8. The van der Waals surface area contributed by atoms with Crippen molar-refractivity contribution >= 4 is 39.1 Å². The summed E-state index contributed by atoms with van der Waals surface area (Å²) in [6, 6.07) is 2.01. The number of thiophene rings is 1. The van der Waals surface area contributed by atoms with Gasteiger partial charge >= 0.3 is 5.97 Å². The first-order valence-corrected chi connectivity index (χ1v) is 7.46. The Morgan fingerprint density at radius 1 is 1.50 bits per heavy atom. The minimum Gasteiger partial charge on any atom is -0.480 e. The summed E-state index contributed by atoms with van der Waals surface area (Å²) >= 11 is 4.99. The lowest BCUT2D eigenvalue weighted by Gasteiger charge is -2.35. The Morgan fingerprint density at radius 2 is 2.22 bits per heavy atom. The van der Waals surface area contributed by atoms with Crippen LogP contribution in [0.4, 0.5) is 0 Å². The molecule has 1 aromatic rings. The molecule has 1 saturated carbocycles. The van der Waals surface area contributed by atoms with E-state index in [0.29, 0.717) is 19.4 Å². The lowest BCUT2D eigenvalue weighted by molar-refractivity contribution is -0.162. The number of carboxylic acid groups (broad SMARTS) is 1. The maximum atomic E-state index is 11.9. The molecule has 18 heavy (non-hydrogen) atoms. The number of rotatable bonds is 5. The van der Waals surface area contributed by atoms with Crippen LogP contribution >= 0.6 is 27.3 Å². The Bertz CT molecular complexity index is 468. The number of nitrogens with one attached hydrogen (secondary N) is 1. The van der Waals surface area contributed by atoms with Crippen LogP contribution in [0.15, 0.2) is 15.9 Å². The summed E-state index contributed by atoms with van der Waals surface area (Å²) in [5.41, 5.74) is -1.16. The van der Waals surface area contributed by atoms with Crippen LogP contribution in [-0.2, 0) is 16.0 Å². The minimum atomic E-state index is -1.16. The van der Waals surface area contributed by atoms with Crippen LogP contribution < -0.4 is 5.32 Å². The van der Waals surface area contributed by atoms with Crippen LogP contribution in [-0.4, -0.2) is 23.5 Å². The molecular formula is C12H14BrNO3S. The van der Waals surface area contributed by atoms with E-state index >= 15 is 0 Å². The van der Waals surface area contributed by atoms with Crippen LogP contribution in [0.1, 0.15) is 24.1 Å². The third-order valence-corrected chi connectivity index (χ3v) is 5.09. The largest absolute Gasteiger partial charge is 0.480 e. The molecule has 0 bridgehead atoms. The summed E-state index contributed by atoms with van der Waals surface area (Å²) < 4.78 is 1.04. The van der Waals surface area contributed by atoms with Crippen molar-refractivity contribution in [3.63, 3.8) is 0 Å². The van der Waals surface area contributed by atoms with E-state index in [2.05, 4.69) is 21.2 Å². The van der Waals surface area contributed by atoms with E-state index in [1.807, 2.05) is 11.4 Å². The molecule has 2 rings (SSSR count).